The third-order valence-electron chi connectivity index (χ3n) is 7.60. The fraction of sp³-hybridized carbons (Fsp3) is 0.0571. The summed E-state index contributed by atoms with van der Waals surface area (Å²) in [5.74, 6) is 0.894. The highest BCUT2D eigenvalue weighted by Crippen LogP contribution is 2.29. The quantitative estimate of drug-likeness (QED) is 0.280. The van der Waals surface area contributed by atoms with Gasteiger partial charge >= 0.3 is 0 Å². The molecule has 0 aliphatic carbocycles. The van der Waals surface area contributed by atoms with Gasteiger partial charge in [-0.2, -0.15) is 0 Å². The molecule has 2 atom stereocenters. The van der Waals surface area contributed by atoms with Crippen LogP contribution in [0.15, 0.2) is 138 Å². The van der Waals surface area contributed by atoms with Crippen LogP contribution in [0.4, 0.5) is 0 Å². The van der Waals surface area contributed by atoms with Crippen molar-refractivity contribution in [2.24, 2.45) is 4.99 Å². The van der Waals surface area contributed by atoms with Gasteiger partial charge in [-0.3, -0.25) is 5.32 Å². The lowest BCUT2D eigenvalue weighted by Gasteiger charge is -2.32. The van der Waals surface area contributed by atoms with Gasteiger partial charge in [0.2, 0.25) is 0 Å². The lowest BCUT2D eigenvalue weighted by atomic mass is 9.93. The van der Waals surface area contributed by atoms with Gasteiger partial charge in [0.1, 0.15) is 26.0 Å². The van der Waals surface area contributed by atoms with Gasteiger partial charge in [0, 0.05) is 5.56 Å². The molecule has 2 N–H and O–H groups in total. The van der Waals surface area contributed by atoms with Crippen molar-refractivity contribution in [1.82, 2.24) is 10.6 Å². The van der Waals surface area contributed by atoms with Gasteiger partial charge < -0.3 is 5.32 Å². The maximum Gasteiger partial charge on any atom is 0.139 e. The first-order valence-electron chi connectivity index (χ1n) is 13.4. The minimum Gasteiger partial charge on any atom is -0.350 e. The molecule has 0 fully saturated rings. The first-order valence-corrected chi connectivity index (χ1v) is 13.4. The highest BCUT2D eigenvalue weighted by molar-refractivity contribution is 6.32. The zero-order valence-corrected chi connectivity index (χ0v) is 21.8. The molecule has 1 aliphatic rings. The monoisotopic (exact) mass is 501 g/mol. The number of nitrogens with one attached hydrogen (secondary N) is 2. The highest BCUT2D eigenvalue weighted by Gasteiger charge is 2.25. The molecule has 4 heteroatoms. The van der Waals surface area contributed by atoms with Crippen LogP contribution in [-0.4, -0.2) is 13.7 Å². The molecule has 39 heavy (non-hydrogen) atoms. The number of hydrogen-bond donors (Lipinski definition) is 2. The van der Waals surface area contributed by atoms with Gasteiger partial charge in [-0.05, 0) is 55.9 Å². The Bertz CT molecular complexity index is 1820. The van der Waals surface area contributed by atoms with E-state index in [-0.39, 0.29) is 12.3 Å². The Kier molecular flexibility index (Phi) is 5.95. The minimum absolute atomic E-state index is 0.0876. The minimum atomic E-state index is -0.184. The Balaban J connectivity index is 1.27. The van der Waals surface area contributed by atoms with Crippen molar-refractivity contribution in [3.8, 4) is 11.1 Å². The molecule has 0 saturated heterocycles. The molecule has 186 valence electrons. The van der Waals surface area contributed by atoms with Crippen LogP contribution >= 0.6 is 0 Å². The third-order valence-corrected chi connectivity index (χ3v) is 7.60. The Hall–Kier alpha value is -4.67. The van der Waals surface area contributed by atoms with Gasteiger partial charge in [-0.1, -0.05) is 127 Å². The maximum atomic E-state index is 5.18. The molecule has 0 bridgehead atoms. The fourth-order valence-electron chi connectivity index (χ4n) is 5.38. The number of hydrogen-bond acceptors (Lipinski definition) is 3. The lowest BCUT2D eigenvalue weighted by molar-refractivity contribution is 0.409. The summed E-state index contributed by atoms with van der Waals surface area (Å²) in [5, 5.41) is 12.4. The number of fused-ring (bicyclic) bond motifs is 2. The molecule has 0 spiro atoms. The third kappa shape index (κ3) is 4.71. The standard InChI is InChI=1S/C35H28BN3/c36-32-19-17-26(18-20-32)25-9-13-27(14-10-25)33-37-34(30-15-11-23-5-1-3-7-28(23)21-30)39-35(38-33)31-16-12-24-6-2-4-8-29(24)22-31/h1-22,33-34,37H,36H2,(H,38,39). The van der Waals surface area contributed by atoms with Crippen LogP contribution in [0.1, 0.15) is 29.0 Å². The van der Waals surface area contributed by atoms with Crippen LogP contribution < -0.4 is 16.1 Å². The largest absolute Gasteiger partial charge is 0.350 e. The molecule has 0 amide bonds. The van der Waals surface area contributed by atoms with Crippen molar-refractivity contribution in [2.75, 3.05) is 0 Å². The van der Waals surface area contributed by atoms with Crippen molar-refractivity contribution in [2.45, 2.75) is 12.3 Å². The number of rotatable bonds is 4. The van der Waals surface area contributed by atoms with E-state index in [2.05, 4.69) is 152 Å². The van der Waals surface area contributed by atoms with E-state index in [0.29, 0.717) is 0 Å². The number of benzene rings is 6. The summed E-state index contributed by atoms with van der Waals surface area (Å²) in [6, 6.07) is 47.6. The van der Waals surface area contributed by atoms with E-state index in [1.165, 1.54) is 43.7 Å². The average Bonchev–Trinajstić information content (AvgIpc) is 3.01. The topological polar surface area (TPSA) is 36.4 Å². The summed E-state index contributed by atoms with van der Waals surface area (Å²) < 4.78 is 0. The van der Waals surface area contributed by atoms with Gasteiger partial charge in [-0.15, -0.1) is 0 Å². The number of aliphatic imine (C=N–C) groups is 1. The first-order chi connectivity index (χ1) is 19.2. The summed E-state index contributed by atoms with van der Waals surface area (Å²) in [5.41, 5.74) is 7.10. The van der Waals surface area contributed by atoms with E-state index in [1.54, 1.807) is 0 Å². The predicted molar refractivity (Wildman–Crippen MR) is 166 cm³/mol. The molecule has 0 aromatic heterocycles. The normalized spacial score (nSPS) is 17.1. The molecule has 6 aromatic rings. The molecule has 0 radical (unpaired) electrons. The Morgan fingerprint density at radius 1 is 0.513 bits per heavy atom. The van der Waals surface area contributed by atoms with Gasteiger partial charge in [0.15, 0.2) is 0 Å². The van der Waals surface area contributed by atoms with Crippen molar-refractivity contribution in [3.63, 3.8) is 0 Å². The lowest BCUT2D eigenvalue weighted by Crippen LogP contribution is -2.44. The molecule has 2 unspecified atom stereocenters. The average molecular weight is 501 g/mol. The van der Waals surface area contributed by atoms with E-state index in [9.17, 15) is 0 Å². The summed E-state index contributed by atoms with van der Waals surface area (Å²) in [6.07, 6.45) is -0.272. The maximum absolute atomic E-state index is 5.18. The second-order valence-corrected chi connectivity index (χ2v) is 10.3. The van der Waals surface area contributed by atoms with E-state index in [0.717, 1.165) is 17.0 Å². The van der Waals surface area contributed by atoms with Gasteiger partial charge in [0.05, 0.1) is 0 Å². The summed E-state index contributed by atoms with van der Waals surface area (Å²) >= 11 is 0. The Labute approximate surface area is 229 Å². The fourth-order valence-corrected chi connectivity index (χ4v) is 5.38. The smallest absolute Gasteiger partial charge is 0.139 e. The van der Waals surface area contributed by atoms with Crippen molar-refractivity contribution < 1.29 is 0 Å². The number of nitrogens with zero attached hydrogens (tertiary/aromatic N) is 1. The first kappa shape index (κ1) is 23.5. The van der Waals surface area contributed by atoms with Crippen LogP contribution in [0.25, 0.3) is 32.7 Å². The van der Waals surface area contributed by atoms with Crippen LogP contribution in [0.3, 0.4) is 0 Å². The van der Waals surface area contributed by atoms with E-state index < -0.39 is 0 Å². The molecule has 1 heterocycles. The van der Waals surface area contributed by atoms with Crippen LogP contribution in [0.2, 0.25) is 0 Å². The van der Waals surface area contributed by atoms with E-state index in [4.69, 9.17) is 4.99 Å². The van der Waals surface area contributed by atoms with Crippen molar-refractivity contribution in [3.05, 3.63) is 150 Å². The summed E-state index contributed by atoms with van der Waals surface area (Å²) in [7, 11) is 2.12. The van der Waals surface area contributed by atoms with Gasteiger partial charge in [-0.25, -0.2) is 4.99 Å². The zero-order valence-electron chi connectivity index (χ0n) is 21.8. The van der Waals surface area contributed by atoms with Gasteiger partial charge in [0.25, 0.3) is 0 Å². The second kappa shape index (κ2) is 9.90. The second-order valence-electron chi connectivity index (χ2n) is 10.3. The van der Waals surface area contributed by atoms with E-state index in [1.807, 2.05) is 0 Å². The molecule has 3 nitrogen and oxygen atoms in total. The Morgan fingerprint density at radius 3 is 1.74 bits per heavy atom. The SMILES string of the molecule is Bc1ccc(-c2ccc(C3N=C(c4ccc5ccccc5c4)NC(c4ccc5ccccc5c4)N3)cc2)cc1. The van der Waals surface area contributed by atoms with Crippen LogP contribution in [-0.2, 0) is 0 Å². The summed E-state index contributed by atoms with van der Waals surface area (Å²) in [6.45, 7) is 0. The Morgan fingerprint density at radius 2 is 1.05 bits per heavy atom. The predicted octanol–water partition coefficient (Wildman–Crippen LogP) is 6.26. The van der Waals surface area contributed by atoms with Crippen molar-refractivity contribution in [1.29, 1.82) is 0 Å². The highest BCUT2D eigenvalue weighted by atomic mass is 15.3. The van der Waals surface area contributed by atoms with Crippen LogP contribution in [0.5, 0.6) is 0 Å². The molecular weight excluding hydrogens is 473 g/mol. The molecular formula is C35H28BN3. The molecule has 7 rings (SSSR count). The van der Waals surface area contributed by atoms with Crippen LogP contribution in [0, 0.1) is 0 Å². The molecule has 6 aromatic carbocycles. The van der Waals surface area contributed by atoms with Crippen molar-refractivity contribution >= 4 is 40.7 Å². The zero-order chi connectivity index (χ0) is 26.2. The van der Waals surface area contributed by atoms with E-state index >= 15 is 0 Å². The molecule has 1 aliphatic heterocycles. The molecule has 0 saturated carbocycles. The summed E-state index contributed by atoms with van der Waals surface area (Å²) in [4.78, 5) is 5.18. The number of amidine groups is 1.